The van der Waals surface area contributed by atoms with Crippen molar-refractivity contribution in [2.75, 3.05) is 5.73 Å². The second-order valence-electron chi connectivity index (χ2n) is 7.95. The summed E-state index contributed by atoms with van der Waals surface area (Å²) in [5.41, 5.74) is 12.0. The predicted octanol–water partition coefficient (Wildman–Crippen LogP) is 6.66. The molecule has 2 heterocycles. The number of nitrogen functional groups attached to an aromatic ring is 1. The number of nitro groups is 1. The molecule has 166 valence electrons. The van der Waals surface area contributed by atoms with Crippen LogP contribution in [-0.2, 0) is 0 Å². The molecule has 0 radical (unpaired) electrons. The standard InChI is InChI=1S/C27H19N3O3S/c1-16-7-9-17(10-8-16)21-15-22(18-5-3-2-4-6-18)29-27-23(21)24(28)26(34-27)25(31)19-11-13-20(14-12-19)30(32)33/h2-15H,28H2,1H3. The summed E-state index contributed by atoms with van der Waals surface area (Å²) < 4.78 is 0. The second kappa shape index (κ2) is 8.53. The number of ketones is 1. The number of aromatic nitrogens is 1. The molecule has 0 fully saturated rings. The molecular weight excluding hydrogens is 446 g/mol. The van der Waals surface area contributed by atoms with Crippen molar-refractivity contribution >= 4 is 38.7 Å². The first kappa shape index (κ1) is 21.5. The van der Waals surface area contributed by atoms with Crippen LogP contribution in [0.5, 0.6) is 0 Å². The van der Waals surface area contributed by atoms with Crippen molar-refractivity contribution in [3.63, 3.8) is 0 Å². The van der Waals surface area contributed by atoms with Gasteiger partial charge in [0, 0.05) is 28.6 Å². The molecule has 5 aromatic rings. The maximum atomic E-state index is 13.3. The maximum Gasteiger partial charge on any atom is 0.269 e. The molecule has 34 heavy (non-hydrogen) atoms. The first-order chi connectivity index (χ1) is 16.4. The third-order valence-corrected chi connectivity index (χ3v) is 6.78. The molecule has 0 spiro atoms. The fourth-order valence-corrected chi connectivity index (χ4v) is 4.95. The zero-order chi connectivity index (χ0) is 23.8. The van der Waals surface area contributed by atoms with Crippen LogP contribution in [0.1, 0.15) is 20.8 Å². The fraction of sp³-hybridized carbons (Fsp3) is 0.0370. The lowest BCUT2D eigenvalue weighted by Gasteiger charge is -2.09. The maximum absolute atomic E-state index is 13.3. The van der Waals surface area contributed by atoms with E-state index in [0.717, 1.165) is 33.3 Å². The van der Waals surface area contributed by atoms with Gasteiger partial charge >= 0.3 is 0 Å². The van der Waals surface area contributed by atoms with E-state index in [4.69, 9.17) is 10.7 Å². The van der Waals surface area contributed by atoms with Gasteiger partial charge in [0.1, 0.15) is 9.71 Å². The second-order valence-corrected chi connectivity index (χ2v) is 8.94. The number of nitrogens with two attached hydrogens (primary N) is 1. The molecule has 0 atom stereocenters. The Morgan fingerprint density at radius 3 is 2.26 bits per heavy atom. The number of carbonyl (C=O) groups excluding carboxylic acids is 1. The largest absolute Gasteiger partial charge is 0.397 e. The molecular formula is C27H19N3O3S. The Bertz CT molecular complexity index is 1540. The molecule has 0 aliphatic rings. The number of pyridine rings is 1. The minimum Gasteiger partial charge on any atom is -0.397 e. The lowest BCUT2D eigenvalue weighted by Crippen LogP contribution is -2.02. The number of anilines is 1. The van der Waals surface area contributed by atoms with Crippen LogP contribution in [0, 0.1) is 17.0 Å². The van der Waals surface area contributed by atoms with E-state index < -0.39 is 4.92 Å². The molecule has 0 bridgehead atoms. The lowest BCUT2D eigenvalue weighted by molar-refractivity contribution is -0.384. The zero-order valence-corrected chi connectivity index (χ0v) is 19.0. The van der Waals surface area contributed by atoms with Gasteiger partial charge in [-0.2, -0.15) is 0 Å². The van der Waals surface area contributed by atoms with Gasteiger partial charge in [-0.05, 0) is 36.2 Å². The summed E-state index contributed by atoms with van der Waals surface area (Å²) in [6.45, 7) is 2.03. The van der Waals surface area contributed by atoms with Gasteiger partial charge in [0.2, 0.25) is 5.78 Å². The van der Waals surface area contributed by atoms with Crippen LogP contribution < -0.4 is 5.73 Å². The van der Waals surface area contributed by atoms with Gasteiger partial charge in [-0.25, -0.2) is 4.98 Å². The van der Waals surface area contributed by atoms with Crippen LogP contribution in [0.2, 0.25) is 0 Å². The molecule has 0 unspecified atom stereocenters. The summed E-state index contributed by atoms with van der Waals surface area (Å²) in [6, 6.07) is 25.5. The minimum atomic E-state index is -0.495. The molecule has 3 aromatic carbocycles. The van der Waals surface area contributed by atoms with E-state index in [-0.39, 0.29) is 11.5 Å². The number of fused-ring (bicyclic) bond motifs is 1. The molecule has 2 aromatic heterocycles. The Kier molecular flexibility index (Phi) is 5.39. The zero-order valence-electron chi connectivity index (χ0n) is 18.2. The van der Waals surface area contributed by atoms with Crippen molar-refractivity contribution in [1.82, 2.24) is 4.98 Å². The number of non-ortho nitro benzene ring substituents is 1. The van der Waals surface area contributed by atoms with Gasteiger partial charge in [-0.15, -0.1) is 11.3 Å². The van der Waals surface area contributed by atoms with E-state index in [9.17, 15) is 14.9 Å². The molecule has 0 aliphatic heterocycles. The van der Waals surface area contributed by atoms with Crippen LogP contribution in [-0.4, -0.2) is 15.7 Å². The third kappa shape index (κ3) is 3.82. The van der Waals surface area contributed by atoms with Crippen molar-refractivity contribution in [2.45, 2.75) is 6.92 Å². The number of hydrogen-bond donors (Lipinski definition) is 1. The molecule has 0 aliphatic carbocycles. The summed E-state index contributed by atoms with van der Waals surface area (Å²) in [5.74, 6) is -0.286. The number of rotatable bonds is 5. The molecule has 6 nitrogen and oxygen atoms in total. The topological polar surface area (TPSA) is 99.1 Å². The van der Waals surface area contributed by atoms with Gasteiger partial charge in [-0.1, -0.05) is 60.2 Å². The van der Waals surface area contributed by atoms with Crippen molar-refractivity contribution in [2.24, 2.45) is 0 Å². The number of benzene rings is 3. The highest BCUT2D eigenvalue weighted by Gasteiger charge is 2.23. The predicted molar refractivity (Wildman–Crippen MR) is 136 cm³/mol. The molecule has 7 heteroatoms. The Balaban J connectivity index is 1.70. The van der Waals surface area contributed by atoms with E-state index in [1.54, 1.807) is 0 Å². The molecule has 0 saturated carbocycles. The van der Waals surface area contributed by atoms with E-state index >= 15 is 0 Å². The monoisotopic (exact) mass is 465 g/mol. The number of hydrogen-bond acceptors (Lipinski definition) is 6. The van der Waals surface area contributed by atoms with Crippen LogP contribution in [0.3, 0.4) is 0 Å². The summed E-state index contributed by atoms with van der Waals surface area (Å²) in [7, 11) is 0. The highest BCUT2D eigenvalue weighted by Crippen LogP contribution is 2.42. The van der Waals surface area contributed by atoms with Gasteiger partial charge < -0.3 is 5.73 Å². The van der Waals surface area contributed by atoms with Gasteiger partial charge in [0.25, 0.3) is 5.69 Å². The van der Waals surface area contributed by atoms with Crippen LogP contribution in [0.25, 0.3) is 32.6 Å². The number of thiophene rings is 1. The molecule has 0 amide bonds. The first-order valence-electron chi connectivity index (χ1n) is 10.6. The average Bonchev–Trinajstić information content (AvgIpc) is 3.20. The fourth-order valence-electron chi connectivity index (χ4n) is 3.87. The Morgan fingerprint density at radius 1 is 0.941 bits per heavy atom. The Morgan fingerprint density at radius 2 is 1.62 bits per heavy atom. The summed E-state index contributed by atoms with van der Waals surface area (Å²) in [6.07, 6.45) is 0. The number of aryl methyl sites for hydroxylation is 1. The van der Waals surface area contributed by atoms with Crippen LogP contribution in [0.4, 0.5) is 11.4 Å². The molecule has 2 N–H and O–H groups in total. The molecule has 0 saturated heterocycles. The summed E-state index contributed by atoms with van der Waals surface area (Å²) in [5, 5.41) is 11.7. The van der Waals surface area contributed by atoms with Crippen LogP contribution in [0.15, 0.2) is 84.9 Å². The summed E-state index contributed by atoms with van der Waals surface area (Å²) in [4.78, 5) is 29.6. The third-order valence-electron chi connectivity index (χ3n) is 5.68. The van der Waals surface area contributed by atoms with Crippen molar-refractivity contribution in [1.29, 1.82) is 0 Å². The Labute approximate surface area is 199 Å². The lowest BCUT2D eigenvalue weighted by atomic mass is 9.98. The van der Waals surface area contributed by atoms with E-state index in [0.29, 0.717) is 21.0 Å². The number of nitrogens with zero attached hydrogens (tertiary/aromatic N) is 2. The van der Waals surface area contributed by atoms with Gasteiger partial charge in [-0.3, -0.25) is 14.9 Å². The average molecular weight is 466 g/mol. The Hall–Kier alpha value is -4.36. The van der Waals surface area contributed by atoms with Gasteiger partial charge in [0.15, 0.2) is 0 Å². The van der Waals surface area contributed by atoms with E-state index in [1.807, 2.05) is 67.6 Å². The number of carbonyl (C=O) groups is 1. The minimum absolute atomic E-state index is 0.0725. The smallest absolute Gasteiger partial charge is 0.269 e. The SMILES string of the molecule is Cc1ccc(-c2cc(-c3ccccc3)nc3sc(C(=O)c4ccc([N+](=O)[O-])cc4)c(N)c23)cc1. The van der Waals surface area contributed by atoms with Crippen molar-refractivity contribution in [3.8, 4) is 22.4 Å². The normalized spacial score (nSPS) is 11.0. The van der Waals surface area contributed by atoms with Gasteiger partial charge in [0.05, 0.1) is 16.3 Å². The molecule has 5 rings (SSSR count). The highest BCUT2D eigenvalue weighted by molar-refractivity contribution is 7.21. The highest BCUT2D eigenvalue weighted by atomic mass is 32.1. The first-order valence-corrected chi connectivity index (χ1v) is 11.4. The van der Waals surface area contributed by atoms with Crippen molar-refractivity contribution in [3.05, 3.63) is 111 Å². The number of nitro benzene ring substituents is 1. The van der Waals surface area contributed by atoms with Crippen LogP contribution >= 0.6 is 11.3 Å². The van der Waals surface area contributed by atoms with E-state index in [1.165, 1.54) is 35.6 Å². The quantitative estimate of drug-likeness (QED) is 0.178. The summed E-state index contributed by atoms with van der Waals surface area (Å²) >= 11 is 1.24. The van der Waals surface area contributed by atoms with Crippen molar-refractivity contribution < 1.29 is 9.72 Å². The van der Waals surface area contributed by atoms with E-state index in [2.05, 4.69) is 0 Å².